The predicted octanol–water partition coefficient (Wildman–Crippen LogP) is 2.83. The Morgan fingerprint density at radius 2 is 1.56 bits per heavy atom. The summed E-state index contributed by atoms with van der Waals surface area (Å²) >= 11 is 0. The number of alkyl carbamates (subject to hydrolysis) is 1. The van der Waals surface area contributed by atoms with Crippen LogP contribution in [0.3, 0.4) is 0 Å². The molecular formula is C33H55N5O7. The smallest absolute Gasteiger partial charge is 0.408 e. The van der Waals surface area contributed by atoms with Crippen LogP contribution < -0.4 is 21.3 Å². The SMILES string of the molecule is CCCC(NC(=O)[C@@H]1C2C(CN1C(=O)[C@@H](NC(=O)OC(C)(C)C)C1CCCCC1)C2(C)C)C(=O)C(=O)NCC(=O)NC(C)(C)C. The van der Waals surface area contributed by atoms with E-state index < -0.39 is 58.9 Å². The number of nitrogens with zero attached hydrogens (tertiary/aromatic N) is 1. The van der Waals surface area contributed by atoms with Gasteiger partial charge in [0.05, 0.1) is 12.6 Å². The van der Waals surface area contributed by atoms with E-state index in [-0.39, 0.29) is 42.0 Å². The Labute approximate surface area is 267 Å². The minimum atomic E-state index is -1.11. The van der Waals surface area contributed by atoms with Crippen molar-refractivity contribution in [3.05, 3.63) is 0 Å². The van der Waals surface area contributed by atoms with Gasteiger partial charge in [-0.05, 0) is 84.0 Å². The van der Waals surface area contributed by atoms with Gasteiger partial charge in [-0.3, -0.25) is 24.0 Å². The summed E-state index contributed by atoms with van der Waals surface area (Å²) in [7, 11) is 0. The molecule has 0 radical (unpaired) electrons. The molecule has 0 bridgehead atoms. The second kappa shape index (κ2) is 14.1. The van der Waals surface area contributed by atoms with E-state index >= 15 is 0 Å². The van der Waals surface area contributed by atoms with Crippen molar-refractivity contribution in [2.45, 2.75) is 137 Å². The van der Waals surface area contributed by atoms with Crippen LogP contribution in [0.2, 0.25) is 0 Å². The van der Waals surface area contributed by atoms with Crippen LogP contribution in [0.15, 0.2) is 0 Å². The molecule has 5 amide bonds. The largest absolute Gasteiger partial charge is 0.444 e. The number of hydrogen-bond acceptors (Lipinski definition) is 7. The van der Waals surface area contributed by atoms with Crippen LogP contribution in [0.4, 0.5) is 4.79 Å². The maximum Gasteiger partial charge on any atom is 0.408 e. The molecule has 1 saturated heterocycles. The number of ketones is 1. The molecule has 3 fully saturated rings. The predicted molar refractivity (Wildman–Crippen MR) is 169 cm³/mol. The van der Waals surface area contributed by atoms with E-state index in [9.17, 15) is 28.8 Å². The van der Waals surface area contributed by atoms with Crippen molar-refractivity contribution in [3.63, 3.8) is 0 Å². The van der Waals surface area contributed by atoms with Gasteiger partial charge in [-0.1, -0.05) is 46.5 Å². The Balaban J connectivity index is 1.78. The highest BCUT2D eigenvalue weighted by Crippen LogP contribution is 2.65. The normalized spacial score (nSPS) is 24.0. The molecule has 0 spiro atoms. The van der Waals surface area contributed by atoms with Crippen LogP contribution in [0.25, 0.3) is 0 Å². The van der Waals surface area contributed by atoms with Crippen molar-refractivity contribution >= 4 is 35.5 Å². The lowest BCUT2D eigenvalue weighted by Gasteiger charge is -2.37. The molecule has 254 valence electrons. The fraction of sp³-hybridized carbons (Fsp3) is 0.818. The van der Waals surface area contributed by atoms with E-state index in [1.165, 1.54) is 0 Å². The second-order valence-corrected chi connectivity index (χ2v) is 15.6. The number of nitrogens with one attached hydrogen (secondary N) is 4. The number of ether oxygens (including phenoxy) is 1. The van der Waals surface area contributed by atoms with Crippen LogP contribution in [0.1, 0.15) is 107 Å². The third-order valence-corrected chi connectivity index (χ3v) is 9.18. The van der Waals surface area contributed by atoms with Gasteiger partial charge < -0.3 is 30.9 Å². The topological polar surface area (TPSA) is 163 Å². The Bertz CT molecular complexity index is 1150. The molecule has 0 aromatic rings. The van der Waals surface area contributed by atoms with Gasteiger partial charge in [0, 0.05) is 12.1 Å². The number of fused-ring (bicyclic) bond motifs is 1. The van der Waals surface area contributed by atoms with E-state index in [2.05, 4.69) is 35.1 Å². The van der Waals surface area contributed by atoms with E-state index in [1.807, 2.05) is 6.92 Å². The number of carbonyl (C=O) groups is 6. The summed E-state index contributed by atoms with van der Waals surface area (Å²) in [6.07, 6.45) is 4.60. The number of likely N-dealkylation sites (tertiary alicyclic amines) is 1. The summed E-state index contributed by atoms with van der Waals surface area (Å²) in [5.74, 6) is -3.17. The lowest BCUT2D eigenvalue weighted by molar-refractivity contribution is -0.145. The van der Waals surface area contributed by atoms with Crippen molar-refractivity contribution in [2.24, 2.45) is 23.2 Å². The number of piperidine rings is 1. The lowest BCUT2D eigenvalue weighted by Crippen LogP contribution is -2.60. The zero-order valence-electron chi connectivity index (χ0n) is 28.6. The summed E-state index contributed by atoms with van der Waals surface area (Å²) in [6, 6.07) is -2.80. The number of hydrogen-bond donors (Lipinski definition) is 4. The minimum absolute atomic E-state index is 0.0824. The molecular weight excluding hydrogens is 578 g/mol. The monoisotopic (exact) mass is 633 g/mol. The van der Waals surface area contributed by atoms with Gasteiger partial charge in [0.2, 0.25) is 23.5 Å². The standard InChI is InChI=1S/C33H55N5O7/c1-10-14-21(26(40)28(42)34-17-22(39)37-31(2,3)4)35-27(41)25-23-20(33(23,8)9)18-38(25)29(43)24(19-15-12-11-13-16-19)36-30(44)45-32(5,6)7/h19-21,23-25H,10-18H2,1-9H3,(H,34,42)(H,35,41)(H,36,44)(H,37,39)/t20?,21?,23?,24-,25-/m0/s1. The number of rotatable bonds is 11. The van der Waals surface area contributed by atoms with Crippen molar-refractivity contribution in [1.29, 1.82) is 0 Å². The van der Waals surface area contributed by atoms with E-state index in [1.54, 1.807) is 46.4 Å². The van der Waals surface area contributed by atoms with Gasteiger partial charge in [-0.15, -0.1) is 0 Å². The van der Waals surface area contributed by atoms with Crippen molar-refractivity contribution < 1.29 is 33.5 Å². The summed E-state index contributed by atoms with van der Waals surface area (Å²) in [5.41, 5.74) is -1.42. The highest BCUT2D eigenvalue weighted by atomic mass is 16.6. The van der Waals surface area contributed by atoms with Crippen LogP contribution in [-0.2, 0) is 28.7 Å². The van der Waals surface area contributed by atoms with E-state index in [4.69, 9.17) is 4.74 Å². The molecule has 5 atom stereocenters. The average Bonchev–Trinajstić information content (AvgIpc) is 3.24. The number of Topliss-reactive ketones (excluding diaryl/α,β-unsaturated/α-hetero) is 1. The lowest BCUT2D eigenvalue weighted by atomic mass is 9.83. The van der Waals surface area contributed by atoms with E-state index in [0.29, 0.717) is 13.0 Å². The number of carbonyl (C=O) groups excluding carboxylic acids is 6. The molecule has 3 rings (SSSR count). The van der Waals surface area contributed by atoms with Crippen LogP contribution >= 0.6 is 0 Å². The molecule has 4 N–H and O–H groups in total. The fourth-order valence-electron chi connectivity index (χ4n) is 6.96. The molecule has 1 heterocycles. The number of amides is 5. The molecule has 0 aromatic heterocycles. The van der Waals surface area contributed by atoms with Gasteiger partial charge in [0.25, 0.3) is 5.91 Å². The Hall–Kier alpha value is -3.18. The molecule has 45 heavy (non-hydrogen) atoms. The molecule has 0 aromatic carbocycles. The Kier molecular flexibility index (Phi) is 11.3. The first-order valence-electron chi connectivity index (χ1n) is 16.5. The third kappa shape index (κ3) is 9.42. The van der Waals surface area contributed by atoms with Gasteiger partial charge in [-0.25, -0.2) is 4.79 Å². The molecule has 3 unspecified atom stereocenters. The molecule has 2 aliphatic carbocycles. The molecule has 2 saturated carbocycles. The zero-order valence-corrected chi connectivity index (χ0v) is 28.6. The van der Waals surface area contributed by atoms with Gasteiger partial charge in [0.15, 0.2) is 0 Å². The van der Waals surface area contributed by atoms with Crippen LogP contribution in [0, 0.1) is 23.2 Å². The minimum Gasteiger partial charge on any atom is -0.444 e. The molecule has 12 nitrogen and oxygen atoms in total. The van der Waals surface area contributed by atoms with Gasteiger partial charge in [0.1, 0.15) is 17.7 Å². The van der Waals surface area contributed by atoms with E-state index in [0.717, 1.165) is 32.1 Å². The highest BCUT2D eigenvalue weighted by Gasteiger charge is 2.69. The van der Waals surface area contributed by atoms with Crippen molar-refractivity contribution in [2.75, 3.05) is 13.1 Å². The second-order valence-electron chi connectivity index (χ2n) is 15.6. The maximum absolute atomic E-state index is 14.2. The van der Waals surface area contributed by atoms with Crippen LogP contribution in [-0.4, -0.2) is 82.8 Å². The molecule has 1 aliphatic heterocycles. The molecule has 12 heteroatoms. The third-order valence-electron chi connectivity index (χ3n) is 9.18. The average molecular weight is 634 g/mol. The van der Waals surface area contributed by atoms with Gasteiger partial charge >= 0.3 is 6.09 Å². The first-order chi connectivity index (χ1) is 20.8. The first-order valence-corrected chi connectivity index (χ1v) is 16.5. The summed E-state index contributed by atoms with van der Waals surface area (Å²) in [4.78, 5) is 80.7. The first kappa shape index (κ1) is 36.3. The summed E-state index contributed by atoms with van der Waals surface area (Å²) < 4.78 is 5.50. The Morgan fingerprint density at radius 3 is 2.11 bits per heavy atom. The van der Waals surface area contributed by atoms with Gasteiger partial charge in [-0.2, -0.15) is 0 Å². The maximum atomic E-state index is 14.2. The quantitative estimate of drug-likeness (QED) is 0.254. The fourth-order valence-corrected chi connectivity index (χ4v) is 6.96. The summed E-state index contributed by atoms with van der Waals surface area (Å²) in [6.45, 7) is 16.6. The molecule has 3 aliphatic rings. The summed E-state index contributed by atoms with van der Waals surface area (Å²) in [5, 5.41) is 10.7. The van der Waals surface area contributed by atoms with Crippen LogP contribution in [0.5, 0.6) is 0 Å². The van der Waals surface area contributed by atoms with Crippen molar-refractivity contribution in [1.82, 2.24) is 26.2 Å². The highest BCUT2D eigenvalue weighted by molar-refractivity contribution is 6.38. The Morgan fingerprint density at radius 1 is 0.933 bits per heavy atom. The van der Waals surface area contributed by atoms with Crippen molar-refractivity contribution in [3.8, 4) is 0 Å². The zero-order chi connectivity index (χ0) is 33.9.